The summed E-state index contributed by atoms with van der Waals surface area (Å²) in [5.74, 6) is 0.126. The SMILES string of the molecule is CCCC(=O)CC(=O)[Si](C(C)C)(C(C)C)C(C)C. The number of hydrogen-bond donors (Lipinski definition) is 0. The van der Waals surface area contributed by atoms with E-state index in [0.29, 0.717) is 23.0 Å². The molecule has 0 N–H and O–H groups in total. The molecule has 0 bridgehead atoms. The molecule has 0 unspecified atom stereocenters. The molecule has 0 aromatic rings. The summed E-state index contributed by atoms with van der Waals surface area (Å²) in [4.78, 5) is 24.5. The molecule has 2 nitrogen and oxygen atoms in total. The first-order valence-electron chi connectivity index (χ1n) is 7.26. The van der Waals surface area contributed by atoms with E-state index in [1.165, 1.54) is 0 Å². The normalized spacial score (nSPS) is 12.6. The number of carbonyl (C=O) groups is 2. The van der Waals surface area contributed by atoms with Crippen LogP contribution in [0.15, 0.2) is 0 Å². The van der Waals surface area contributed by atoms with Crippen LogP contribution in [0.25, 0.3) is 0 Å². The molecular formula is C15H30O2Si. The van der Waals surface area contributed by atoms with E-state index in [-0.39, 0.29) is 17.6 Å². The Labute approximate surface area is 114 Å². The maximum atomic E-state index is 12.7. The number of carbonyl (C=O) groups excluding carboxylic acids is 2. The Morgan fingerprint density at radius 2 is 1.28 bits per heavy atom. The minimum Gasteiger partial charge on any atom is -0.305 e. The molecule has 0 fully saturated rings. The second-order valence-electron chi connectivity index (χ2n) is 6.29. The molecule has 0 rings (SSSR count). The summed E-state index contributed by atoms with van der Waals surface area (Å²) in [7, 11) is -2.08. The summed E-state index contributed by atoms with van der Waals surface area (Å²) in [5, 5.41) is 0.279. The smallest absolute Gasteiger partial charge is 0.141 e. The van der Waals surface area contributed by atoms with E-state index in [2.05, 4.69) is 41.5 Å². The lowest BCUT2D eigenvalue weighted by Gasteiger charge is -2.41. The van der Waals surface area contributed by atoms with Gasteiger partial charge in [-0.05, 0) is 23.0 Å². The molecule has 0 radical (unpaired) electrons. The summed E-state index contributed by atoms with van der Waals surface area (Å²) in [6.07, 6.45) is 1.56. The van der Waals surface area contributed by atoms with Gasteiger partial charge in [0.25, 0.3) is 0 Å². The van der Waals surface area contributed by atoms with Gasteiger partial charge < -0.3 is 4.79 Å². The quantitative estimate of drug-likeness (QED) is 0.479. The maximum absolute atomic E-state index is 12.7. The minimum absolute atomic E-state index is 0.126. The third-order valence-electron chi connectivity index (χ3n) is 4.24. The highest BCUT2D eigenvalue weighted by atomic mass is 28.3. The molecule has 0 aliphatic carbocycles. The first kappa shape index (κ1) is 17.6. The number of rotatable bonds is 8. The summed E-state index contributed by atoms with van der Waals surface area (Å²) in [5.41, 5.74) is 1.21. The van der Waals surface area contributed by atoms with Crippen LogP contribution in [0.5, 0.6) is 0 Å². The van der Waals surface area contributed by atoms with Gasteiger partial charge in [0.05, 0.1) is 6.42 Å². The standard InChI is InChI=1S/C15H30O2Si/c1-8-9-14(16)10-15(17)18(11(2)3,12(4)5)13(6)7/h11-13H,8-10H2,1-7H3. The van der Waals surface area contributed by atoms with Crippen molar-refractivity contribution in [2.75, 3.05) is 0 Å². The van der Waals surface area contributed by atoms with E-state index < -0.39 is 8.07 Å². The second kappa shape index (κ2) is 7.22. The predicted octanol–water partition coefficient (Wildman–Crippen LogP) is 4.53. The van der Waals surface area contributed by atoms with Crippen molar-refractivity contribution in [3.8, 4) is 0 Å². The Bertz CT molecular complexity index is 271. The molecule has 0 aliphatic rings. The van der Waals surface area contributed by atoms with E-state index >= 15 is 0 Å². The van der Waals surface area contributed by atoms with Gasteiger partial charge in [-0.15, -0.1) is 0 Å². The van der Waals surface area contributed by atoms with Crippen molar-refractivity contribution in [3.05, 3.63) is 0 Å². The van der Waals surface area contributed by atoms with Crippen molar-refractivity contribution in [2.24, 2.45) is 0 Å². The van der Waals surface area contributed by atoms with E-state index in [1.807, 2.05) is 6.92 Å². The first-order valence-corrected chi connectivity index (χ1v) is 9.49. The van der Waals surface area contributed by atoms with Crippen LogP contribution in [0, 0.1) is 0 Å². The maximum Gasteiger partial charge on any atom is 0.141 e. The van der Waals surface area contributed by atoms with E-state index in [0.717, 1.165) is 6.42 Å². The zero-order valence-corrected chi connectivity index (χ0v) is 14.2. The van der Waals surface area contributed by atoms with Crippen molar-refractivity contribution < 1.29 is 9.59 Å². The monoisotopic (exact) mass is 270 g/mol. The Hall–Kier alpha value is -0.443. The van der Waals surface area contributed by atoms with Crippen LogP contribution in [-0.2, 0) is 9.59 Å². The third-order valence-corrected chi connectivity index (χ3v) is 11.1. The van der Waals surface area contributed by atoms with Crippen LogP contribution in [0.2, 0.25) is 16.6 Å². The number of ketones is 1. The van der Waals surface area contributed by atoms with Crippen molar-refractivity contribution in [1.29, 1.82) is 0 Å². The zero-order valence-electron chi connectivity index (χ0n) is 13.2. The van der Waals surface area contributed by atoms with Gasteiger partial charge in [-0.3, -0.25) is 4.79 Å². The molecule has 106 valence electrons. The van der Waals surface area contributed by atoms with E-state index in [1.54, 1.807) is 0 Å². The highest BCUT2D eigenvalue weighted by Gasteiger charge is 2.49. The van der Waals surface area contributed by atoms with Crippen LogP contribution in [0.3, 0.4) is 0 Å². The fourth-order valence-corrected chi connectivity index (χ4v) is 10.1. The summed E-state index contributed by atoms with van der Waals surface area (Å²) >= 11 is 0. The molecule has 0 aromatic heterocycles. The number of Topliss-reactive ketones (excluding diaryl/α,β-unsaturated/α-hetero) is 1. The Kier molecular flexibility index (Phi) is 7.04. The lowest BCUT2D eigenvalue weighted by atomic mass is 10.2. The van der Waals surface area contributed by atoms with Crippen LogP contribution < -0.4 is 0 Å². The highest BCUT2D eigenvalue weighted by Crippen LogP contribution is 2.42. The van der Waals surface area contributed by atoms with Gasteiger partial charge in [-0.2, -0.15) is 0 Å². The van der Waals surface area contributed by atoms with Gasteiger partial charge in [0, 0.05) is 6.42 Å². The Morgan fingerprint density at radius 3 is 1.56 bits per heavy atom. The van der Waals surface area contributed by atoms with Gasteiger partial charge in [0.1, 0.15) is 19.3 Å². The van der Waals surface area contributed by atoms with E-state index in [4.69, 9.17) is 0 Å². The summed E-state index contributed by atoms with van der Waals surface area (Å²) in [6.45, 7) is 15.0. The van der Waals surface area contributed by atoms with Crippen molar-refractivity contribution in [3.63, 3.8) is 0 Å². The topological polar surface area (TPSA) is 34.1 Å². The molecule has 0 spiro atoms. The average Bonchev–Trinajstić information content (AvgIpc) is 2.15. The Morgan fingerprint density at radius 1 is 0.889 bits per heavy atom. The summed E-state index contributed by atoms with van der Waals surface area (Å²) in [6, 6.07) is 0. The van der Waals surface area contributed by atoms with E-state index in [9.17, 15) is 9.59 Å². The first-order chi connectivity index (χ1) is 8.21. The molecule has 0 aliphatic heterocycles. The van der Waals surface area contributed by atoms with Gasteiger partial charge in [0.2, 0.25) is 0 Å². The van der Waals surface area contributed by atoms with Crippen LogP contribution >= 0.6 is 0 Å². The fourth-order valence-electron chi connectivity index (χ4n) is 3.67. The molecule has 0 saturated heterocycles. The Balaban J connectivity index is 5.20. The van der Waals surface area contributed by atoms with Crippen LogP contribution in [0.4, 0.5) is 0 Å². The summed E-state index contributed by atoms with van der Waals surface area (Å²) < 4.78 is 0. The lowest BCUT2D eigenvalue weighted by Crippen LogP contribution is -2.53. The largest absolute Gasteiger partial charge is 0.305 e. The number of hydrogen-bond acceptors (Lipinski definition) is 2. The molecular weight excluding hydrogens is 240 g/mol. The molecule has 0 saturated carbocycles. The molecule has 0 aromatic carbocycles. The highest BCUT2D eigenvalue weighted by molar-refractivity contribution is 7.09. The van der Waals surface area contributed by atoms with Gasteiger partial charge >= 0.3 is 0 Å². The van der Waals surface area contributed by atoms with Gasteiger partial charge in [0.15, 0.2) is 0 Å². The molecule has 3 heteroatoms. The van der Waals surface area contributed by atoms with Crippen LogP contribution in [-0.4, -0.2) is 19.3 Å². The van der Waals surface area contributed by atoms with Crippen molar-refractivity contribution >= 4 is 19.3 Å². The van der Waals surface area contributed by atoms with Crippen molar-refractivity contribution in [2.45, 2.75) is 84.4 Å². The molecule has 0 atom stereocenters. The van der Waals surface area contributed by atoms with Crippen LogP contribution in [0.1, 0.15) is 67.7 Å². The fraction of sp³-hybridized carbons (Fsp3) is 0.867. The lowest BCUT2D eigenvalue weighted by molar-refractivity contribution is -0.124. The zero-order chi connectivity index (χ0) is 14.5. The van der Waals surface area contributed by atoms with Crippen molar-refractivity contribution in [1.82, 2.24) is 0 Å². The molecule has 0 heterocycles. The molecule has 0 amide bonds. The second-order valence-corrected chi connectivity index (χ2v) is 12.2. The predicted molar refractivity (Wildman–Crippen MR) is 80.6 cm³/mol. The van der Waals surface area contributed by atoms with Gasteiger partial charge in [-0.25, -0.2) is 0 Å². The minimum atomic E-state index is -2.08. The molecule has 18 heavy (non-hydrogen) atoms. The average molecular weight is 270 g/mol. The van der Waals surface area contributed by atoms with Gasteiger partial charge in [-0.1, -0.05) is 48.5 Å². The third kappa shape index (κ3) is 3.53.